The normalized spacial score (nSPS) is 11.7. The second-order valence-corrected chi connectivity index (χ2v) is 10.2. The van der Waals surface area contributed by atoms with Gasteiger partial charge in [0.2, 0.25) is 0 Å². The lowest BCUT2D eigenvalue weighted by Gasteiger charge is -2.09. The third-order valence-electron chi connectivity index (χ3n) is 7.91. The lowest BCUT2D eigenvalue weighted by molar-refractivity contribution is 0.101. The summed E-state index contributed by atoms with van der Waals surface area (Å²) in [5.74, 6) is 0.202. The molecule has 0 aliphatic rings. The average Bonchev–Trinajstić information content (AvgIpc) is 3.49. The van der Waals surface area contributed by atoms with Crippen LogP contribution in [0.5, 0.6) is 5.75 Å². The summed E-state index contributed by atoms with van der Waals surface area (Å²) >= 11 is 0. The lowest BCUT2D eigenvalue weighted by atomic mass is 10.00. The molecule has 0 spiro atoms. The quantitative estimate of drug-likeness (QED) is 0.233. The van der Waals surface area contributed by atoms with Crippen LogP contribution in [0.3, 0.4) is 0 Å². The molecule has 5 nitrogen and oxygen atoms in total. The van der Waals surface area contributed by atoms with Crippen LogP contribution in [0.25, 0.3) is 49.3 Å². The summed E-state index contributed by atoms with van der Waals surface area (Å²) in [7, 11) is 0. The van der Waals surface area contributed by atoms with Crippen molar-refractivity contribution in [2.75, 3.05) is 0 Å². The van der Waals surface area contributed by atoms with Gasteiger partial charge in [0.1, 0.15) is 5.75 Å². The van der Waals surface area contributed by atoms with Crippen LogP contribution in [-0.4, -0.2) is 25.8 Å². The molecule has 0 saturated heterocycles. The van der Waals surface area contributed by atoms with E-state index in [4.69, 9.17) is 0 Å². The molecule has 0 atom stereocenters. The van der Waals surface area contributed by atoms with Gasteiger partial charge in [0, 0.05) is 61.5 Å². The molecule has 194 valence electrons. The van der Waals surface area contributed by atoms with Crippen molar-refractivity contribution in [3.05, 3.63) is 120 Å². The molecule has 7 aromatic rings. The molecule has 0 bridgehead atoms. The summed E-state index contributed by atoms with van der Waals surface area (Å²) in [5.41, 5.74) is 6.75. The van der Waals surface area contributed by atoms with Crippen LogP contribution in [0.2, 0.25) is 0 Å². The number of aryl methyl sites for hydroxylation is 1. The average molecular weight is 523 g/mol. The number of Topliss-reactive ketones (excluding diaryl/α,β-unsaturated/α-hetero) is 1. The Labute approximate surface area is 230 Å². The zero-order valence-corrected chi connectivity index (χ0v) is 22.2. The smallest absolute Gasteiger partial charge is 0.193 e. The summed E-state index contributed by atoms with van der Waals surface area (Å²) in [6.45, 7) is 4.45. The first-order valence-electron chi connectivity index (χ1n) is 13.4. The Balaban J connectivity index is 1.32. The maximum absolute atomic E-state index is 13.6. The van der Waals surface area contributed by atoms with Crippen molar-refractivity contribution in [3.63, 3.8) is 0 Å². The van der Waals surface area contributed by atoms with E-state index in [1.807, 2.05) is 97.1 Å². The Hall–Kier alpha value is -5.16. The number of para-hydroxylation sites is 1. The number of ketones is 2. The van der Waals surface area contributed by atoms with Gasteiger partial charge in [-0.3, -0.25) is 9.59 Å². The number of benzene rings is 5. The second kappa shape index (κ2) is 8.95. The van der Waals surface area contributed by atoms with E-state index >= 15 is 0 Å². The number of phenols is 1. The van der Waals surface area contributed by atoms with Gasteiger partial charge in [-0.2, -0.15) is 0 Å². The second-order valence-electron chi connectivity index (χ2n) is 10.2. The first-order valence-corrected chi connectivity index (χ1v) is 13.4. The minimum Gasteiger partial charge on any atom is -0.507 e. The topological polar surface area (TPSA) is 64.2 Å². The molecule has 1 N–H and O–H groups in total. The standard InChI is InChI=1S/C35H26N2O3/c1-3-36-29-17-13-23(21(2)38)19-27(29)28-20-24(14-18-30(28)36)35(40)22-11-15-25(16-12-22)37-31-8-5-4-7-26(31)34-32(37)9-6-10-33(34)39/h4-20,39H,3H2,1-2H3. The highest BCUT2D eigenvalue weighted by atomic mass is 16.3. The van der Waals surface area contributed by atoms with Gasteiger partial charge in [0.25, 0.3) is 0 Å². The molecular weight excluding hydrogens is 496 g/mol. The molecule has 0 amide bonds. The zero-order valence-electron chi connectivity index (χ0n) is 22.2. The molecule has 5 heteroatoms. The third kappa shape index (κ3) is 3.48. The molecule has 0 radical (unpaired) electrons. The SMILES string of the molecule is CCn1c2ccc(C(C)=O)cc2c2cc(C(=O)c3ccc(-n4c5ccccc5c5c(O)cccc54)cc3)ccc21. The first kappa shape index (κ1) is 23.9. The Morgan fingerprint density at radius 1 is 0.650 bits per heavy atom. The van der Waals surface area contributed by atoms with E-state index in [1.165, 1.54) is 0 Å². The number of aromatic nitrogens is 2. The van der Waals surface area contributed by atoms with Crippen molar-refractivity contribution >= 4 is 55.2 Å². The van der Waals surface area contributed by atoms with Crippen LogP contribution in [0.4, 0.5) is 0 Å². The Morgan fingerprint density at radius 3 is 1.98 bits per heavy atom. The summed E-state index contributed by atoms with van der Waals surface area (Å²) in [6.07, 6.45) is 0. The fourth-order valence-corrected chi connectivity index (χ4v) is 6.01. The van der Waals surface area contributed by atoms with Gasteiger partial charge < -0.3 is 14.2 Å². The Kier molecular flexibility index (Phi) is 5.35. The van der Waals surface area contributed by atoms with Gasteiger partial charge in [-0.15, -0.1) is 0 Å². The van der Waals surface area contributed by atoms with E-state index in [0.29, 0.717) is 16.7 Å². The monoisotopic (exact) mass is 522 g/mol. The minimum atomic E-state index is -0.0616. The van der Waals surface area contributed by atoms with Gasteiger partial charge in [-0.25, -0.2) is 0 Å². The van der Waals surface area contributed by atoms with Crippen LogP contribution in [-0.2, 0) is 6.54 Å². The van der Waals surface area contributed by atoms with Crippen LogP contribution in [0.1, 0.15) is 40.1 Å². The predicted octanol–water partition coefficient (Wildman–Crippen LogP) is 8.05. The number of hydrogen-bond donors (Lipinski definition) is 1. The van der Waals surface area contributed by atoms with Crippen LogP contribution >= 0.6 is 0 Å². The van der Waals surface area contributed by atoms with E-state index in [1.54, 1.807) is 13.0 Å². The molecule has 2 heterocycles. The Bertz CT molecular complexity index is 2150. The third-order valence-corrected chi connectivity index (χ3v) is 7.91. The number of hydrogen-bond acceptors (Lipinski definition) is 3. The molecule has 0 aliphatic carbocycles. The highest BCUT2D eigenvalue weighted by Gasteiger charge is 2.17. The Morgan fingerprint density at radius 2 is 1.27 bits per heavy atom. The van der Waals surface area contributed by atoms with E-state index in [0.717, 1.165) is 55.8 Å². The van der Waals surface area contributed by atoms with Crippen molar-refractivity contribution in [1.29, 1.82) is 0 Å². The maximum atomic E-state index is 13.6. The molecule has 0 saturated carbocycles. The number of carbonyl (C=O) groups excluding carboxylic acids is 2. The molecule has 5 aromatic carbocycles. The largest absolute Gasteiger partial charge is 0.507 e. The number of rotatable bonds is 5. The van der Waals surface area contributed by atoms with Crippen molar-refractivity contribution in [2.24, 2.45) is 0 Å². The fourth-order valence-electron chi connectivity index (χ4n) is 6.01. The van der Waals surface area contributed by atoms with E-state index < -0.39 is 0 Å². The highest BCUT2D eigenvalue weighted by molar-refractivity contribution is 6.16. The summed E-state index contributed by atoms with van der Waals surface area (Å²) < 4.78 is 4.32. The van der Waals surface area contributed by atoms with Crippen LogP contribution in [0, 0.1) is 0 Å². The fraction of sp³-hybridized carbons (Fsp3) is 0.0857. The van der Waals surface area contributed by atoms with Crippen molar-refractivity contribution in [2.45, 2.75) is 20.4 Å². The molecule has 0 unspecified atom stereocenters. The number of aromatic hydroxyl groups is 1. The van der Waals surface area contributed by atoms with E-state index in [9.17, 15) is 14.7 Å². The number of fused-ring (bicyclic) bond motifs is 6. The highest BCUT2D eigenvalue weighted by Crippen LogP contribution is 2.37. The number of phenolic OH excluding ortho intramolecular Hbond substituents is 1. The van der Waals surface area contributed by atoms with Gasteiger partial charge >= 0.3 is 0 Å². The maximum Gasteiger partial charge on any atom is 0.193 e. The van der Waals surface area contributed by atoms with Crippen molar-refractivity contribution in [3.8, 4) is 11.4 Å². The van der Waals surface area contributed by atoms with E-state index in [2.05, 4.69) is 16.1 Å². The lowest BCUT2D eigenvalue weighted by Crippen LogP contribution is -2.02. The van der Waals surface area contributed by atoms with Crippen LogP contribution < -0.4 is 0 Å². The molecule has 2 aromatic heterocycles. The zero-order chi connectivity index (χ0) is 27.5. The minimum absolute atomic E-state index is 0.0186. The van der Waals surface area contributed by atoms with Crippen molar-refractivity contribution < 1.29 is 14.7 Å². The number of nitrogens with zero attached hydrogens (tertiary/aromatic N) is 2. The first-order chi connectivity index (χ1) is 19.5. The molecule has 40 heavy (non-hydrogen) atoms. The van der Waals surface area contributed by atoms with Gasteiger partial charge in [0.05, 0.1) is 11.0 Å². The number of carbonyl (C=O) groups is 2. The van der Waals surface area contributed by atoms with Crippen LogP contribution in [0.15, 0.2) is 103 Å². The van der Waals surface area contributed by atoms with Gasteiger partial charge in [-0.05, 0) is 92.7 Å². The molecule has 0 fully saturated rings. The van der Waals surface area contributed by atoms with Gasteiger partial charge in [0.15, 0.2) is 11.6 Å². The summed E-state index contributed by atoms with van der Waals surface area (Å²) in [5, 5.41) is 14.3. The molecule has 7 rings (SSSR count). The summed E-state index contributed by atoms with van der Waals surface area (Å²) in [6, 6.07) is 32.8. The van der Waals surface area contributed by atoms with Gasteiger partial charge in [-0.1, -0.05) is 24.3 Å². The predicted molar refractivity (Wildman–Crippen MR) is 161 cm³/mol. The van der Waals surface area contributed by atoms with Crippen molar-refractivity contribution in [1.82, 2.24) is 9.13 Å². The van der Waals surface area contributed by atoms with E-state index in [-0.39, 0.29) is 17.3 Å². The molecule has 0 aliphatic heterocycles. The molecular formula is C35H26N2O3. The summed E-state index contributed by atoms with van der Waals surface area (Å²) in [4.78, 5) is 25.7.